The molecule has 0 spiro atoms. The summed E-state index contributed by atoms with van der Waals surface area (Å²) in [4.78, 5) is 18.4. The standard InChI is InChI=1S/C31H30FN3O2/c1-3-8-29-28(19-22-13-15-23(16-14-22)27-12-6-4-5-9-24(27)21-33)31(36)35(30(20-32)34-29)25-10-7-11-26(37-2)18-17-25/h4-5,7,9-10,12-18H,3,6,8,11,19-20H2,1-2H3. The number of hydrogen-bond donors (Lipinski definition) is 0. The van der Waals surface area contributed by atoms with E-state index in [0.717, 1.165) is 35.3 Å². The summed E-state index contributed by atoms with van der Waals surface area (Å²) in [5.41, 5.74) is 4.92. The van der Waals surface area contributed by atoms with Crippen LogP contribution in [-0.4, -0.2) is 16.7 Å². The maximum atomic E-state index is 14.1. The quantitative estimate of drug-likeness (QED) is 0.426. The first-order valence-corrected chi connectivity index (χ1v) is 12.5. The van der Waals surface area contributed by atoms with Crippen molar-refractivity contribution in [3.8, 4) is 6.07 Å². The number of hydrogen-bond acceptors (Lipinski definition) is 4. The molecule has 188 valence electrons. The molecule has 0 fully saturated rings. The van der Waals surface area contributed by atoms with Gasteiger partial charge in [-0.3, -0.25) is 9.36 Å². The van der Waals surface area contributed by atoms with Crippen molar-refractivity contribution in [1.82, 2.24) is 9.55 Å². The van der Waals surface area contributed by atoms with Crippen LogP contribution >= 0.6 is 0 Å². The van der Waals surface area contributed by atoms with E-state index in [9.17, 15) is 14.4 Å². The molecular weight excluding hydrogens is 465 g/mol. The molecule has 4 rings (SSSR count). The van der Waals surface area contributed by atoms with Gasteiger partial charge in [0.05, 0.1) is 35.9 Å². The van der Waals surface area contributed by atoms with Crippen LogP contribution < -0.4 is 5.56 Å². The number of rotatable bonds is 8. The molecule has 0 amide bonds. The van der Waals surface area contributed by atoms with Gasteiger partial charge >= 0.3 is 0 Å². The number of aryl methyl sites for hydroxylation is 1. The molecule has 2 aliphatic rings. The van der Waals surface area contributed by atoms with Crippen LogP contribution in [0.5, 0.6) is 0 Å². The number of aromatic nitrogens is 2. The van der Waals surface area contributed by atoms with Gasteiger partial charge in [0.1, 0.15) is 12.5 Å². The third kappa shape index (κ3) is 5.78. The molecule has 1 aromatic heterocycles. The van der Waals surface area contributed by atoms with Crippen molar-refractivity contribution in [3.63, 3.8) is 0 Å². The molecular formula is C31H30FN3O2. The lowest BCUT2D eigenvalue weighted by Gasteiger charge is -2.16. The summed E-state index contributed by atoms with van der Waals surface area (Å²) in [6.07, 6.45) is 18.1. The van der Waals surface area contributed by atoms with Crippen LogP contribution in [0.2, 0.25) is 0 Å². The van der Waals surface area contributed by atoms with Crippen LogP contribution in [0.3, 0.4) is 0 Å². The second-order valence-electron chi connectivity index (χ2n) is 8.86. The zero-order valence-electron chi connectivity index (χ0n) is 21.2. The van der Waals surface area contributed by atoms with Crippen LogP contribution in [0.1, 0.15) is 54.4 Å². The van der Waals surface area contributed by atoms with Crippen LogP contribution in [0, 0.1) is 11.3 Å². The summed E-state index contributed by atoms with van der Waals surface area (Å²) in [6.45, 7) is 1.18. The van der Waals surface area contributed by atoms with Gasteiger partial charge < -0.3 is 4.74 Å². The average molecular weight is 496 g/mol. The molecule has 37 heavy (non-hydrogen) atoms. The maximum absolute atomic E-state index is 14.1. The minimum Gasteiger partial charge on any atom is -0.501 e. The Morgan fingerprint density at radius 2 is 1.97 bits per heavy atom. The SMILES string of the molecule is CCCc1nc(CF)n(C2=CC=C(OC)CC=C2)c(=O)c1Cc1ccc(C2=CCC=CC=C2C#N)cc1. The van der Waals surface area contributed by atoms with E-state index < -0.39 is 6.67 Å². The number of benzene rings is 1. The third-order valence-corrected chi connectivity index (χ3v) is 6.42. The number of nitrogens with zero attached hydrogens (tertiary/aromatic N) is 3. The molecule has 0 atom stereocenters. The van der Waals surface area contributed by atoms with Gasteiger partial charge in [0.2, 0.25) is 0 Å². The normalized spacial score (nSPS) is 15.1. The number of allylic oxidation sites excluding steroid dienone is 11. The lowest BCUT2D eigenvalue weighted by molar-refractivity contribution is 0.285. The van der Waals surface area contributed by atoms with E-state index in [-0.39, 0.29) is 11.4 Å². The zero-order valence-corrected chi connectivity index (χ0v) is 21.2. The van der Waals surface area contributed by atoms with E-state index in [1.54, 1.807) is 25.3 Å². The summed E-state index contributed by atoms with van der Waals surface area (Å²) in [6, 6.07) is 10.2. The van der Waals surface area contributed by atoms with Crippen molar-refractivity contribution in [1.29, 1.82) is 5.26 Å². The molecule has 0 saturated heterocycles. The molecule has 1 heterocycles. The average Bonchev–Trinajstić information content (AvgIpc) is 3.31. The summed E-state index contributed by atoms with van der Waals surface area (Å²) in [5.74, 6) is 0.855. The van der Waals surface area contributed by atoms with Gasteiger partial charge in [0.25, 0.3) is 5.56 Å². The number of alkyl halides is 1. The van der Waals surface area contributed by atoms with E-state index >= 15 is 0 Å². The Balaban J connectivity index is 1.74. The highest BCUT2D eigenvalue weighted by Crippen LogP contribution is 2.26. The lowest BCUT2D eigenvalue weighted by Crippen LogP contribution is -2.29. The maximum Gasteiger partial charge on any atom is 0.261 e. The molecule has 5 nitrogen and oxygen atoms in total. The van der Waals surface area contributed by atoms with E-state index in [2.05, 4.69) is 11.1 Å². The molecule has 0 saturated carbocycles. The van der Waals surface area contributed by atoms with Gasteiger partial charge in [-0.15, -0.1) is 0 Å². The number of methoxy groups -OCH3 is 1. The van der Waals surface area contributed by atoms with Crippen LogP contribution in [0.25, 0.3) is 11.3 Å². The van der Waals surface area contributed by atoms with Gasteiger partial charge in [0, 0.05) is 18.4 Å². The van der Waals surface area contributed by atoms with Crippen molar-refractivity contribution in [3.05, 3.63) is 123 Å². The second kappa shape index (κ2) is 12.1. The fourth-order valence-corrected chi connectivity index (χ4v) is 4.53. The first-order chi connectivity index (χ1) is 18.1. The van der Waals surface area contributed by atoms with Gasteiger partial charge in [-0.25, -0.2) is 9.37 Å². The van der Waals surface area contributed by atoms with Crippen molar-refractivity contribution >= 4 is 11.3 Å². The van der Waals surface area contributed by atoms with Crippen molar-refractivity contribution in [2.24, 2.45) is 0 Å². The molecule has 0 N–H and O–H groups in total. The highest BCUT2D eigenvalue weighted by Gasteiger charge is 2.19. The predicted octanol–water partition coefficient (Wildman–Crippen LogP) is 6.38. The van der Waals surface area contributed by atoms with Gasteiger partial charge in [-0.1, -0.05) is 61.9 Å². The largest absolute Gasteiger partial charge is 0.501 e. The van der Waals surface area contributed by atoms with E-state index in [4.69, 9.17) is 4.74 Å². The van der Waals surface area contributed by atoms with E-state index in [1.807, 2.05) is 61.6 Å². The highest BCUT2D eigenvalue weighted by atomic mass is 19.1. The van der Waals surface area contributed by atoms with Gasteiger partial charge in [0.15, 0.2) is 0 Å². The second-order valence-corrected chi connectivity index (χ2v) is 8.86. The van der Waals surface area contributed by atoms with Crippen LogP contribution in [0.4, 0.5) is 4.39 Å². The fourth-order valence-electron chi connectivity index (χ4n) is 4.53. The molecule has 0 aliphatic heterocycles. The first kappa shape index (κ1) is 25.8. The lowest BCUT2D eigenvalue weighted by atomic mass is 9.95. The molecule has 2 aromatic rings. The molecule has 0 radical (unpaired) electrons. The summed E-state index contributed by atoms with van der Waals surface area (Å²) in [5, 5.41) is 9.55. The first-order valence-electron chi connectivity index (χ1n) is 12.5. The number of halogens is 1. The van der Waals surface area contributed by atoms with E-state index in [0.29, 0.717) is 41.8 Å². The molecule has 0 unspecified atom stereocenters. The van der Waals surface area contributed by atoms with Crippen molar-refractivity contribution in [2.45, 2.75) is 45.7 Å². The Hall–Kier alpha value is -4.24. The topological polar surface area (TPSA) is 67.9 Å². The molecule has 1 aromatic carbocycles. The van der Waals surface area contributed by atoms with Crippen molar-refractivity contribution in [2.75, 3.05) is 7.11 Å². The predicted molar refractivity (Wildman–Crippen MR) is 145 cm³/mol. The Bertz CT molecular complexity index is 1440. The highest BCUT2D eigenvalue weighted by molar-refractivity contribution is 5.83. The number of nitriles is 1. The zero-order chi connectivity index (χ0) is 26.2. The minimum absolute atomic E-state index is 0.0995. The fraction of sp³-hybridized carbons (Fsp3) is 0.258. The summed E-state index contributed by atoms with van der Waals surface area (Å²) in [7, 11) is 1.60. The summed E-state index contributed by atoms with van der Waals surface area (Å²) < 4.78 is 20.8. The van der Waals surface area contributed by atoms with E-state index in [1.165, 1.54) is 4.57 Å². The molecule has 6 heteroatoms. The Morgan fingerprint density at radius 1 is 1.16 bits per heavy atom. The van der Waals surface area contributed by atoms with Gasteiger partial charge in [-0.2, -0.15) is 5.26 Å². The van der Waals surface area contributed by atoms with Crippen LogP contribution in [0.15, 0.2) is 89.0 Å². The van der Waals surface area contributed by atoms with Crippen molar-refractivity contribution < 1.29 is 9.13 Å². The smallest absolute Gasteiger partial charge is 0.261 e. The Morgan fingerprint density at radius 3 is 2.68 bits per heavy atom. The number of ether oxygens (including phenoxy) is 1. The van der Waals surface area contributed by atoms with Crippen LogP contribution in [-0.2, 0) is 24.3 Å². The Kier molecular flexibility index (Phi) is 8.48. The third-order valence-electron chi connectivity index (χ3n) is 6.42. The van der Waals surface area contributed by atoms with Gasteiger partial charge in [-0.05, 0) is 53.8 Å². The molecule has 2 aliphatic carbocycles. The summed E-state index contributed by atoms with van der Waals surface area (Å²) >= 11 is 0. The Labute approximate surface area is 216 Å². The minimum atomic E-state index is -0.842. The monoisotopic (exact) mass is 495 g/mol. The molecule has 0 bridgehead atoms.